The third-order valence-electron chi connectivity index (χ3n) is 4.44. The minimum Gasteiger partial charge on any atom is -0.484 e. The molecule has 0 radical (unpaired) electrons. The van der Waals surface area contributed by atoms with E-state index in [1.807, 2.05) is 48.2 Å². The minimum absolute atomic E-state index is 0.0234. The molecule has 0 N–H and O–H groups in total. The molecule has 1 amide bonds. The van der Waals surface area contributed by atoms with Crippen LogP contribution in [-0.2, 0) is 4.79 Å². The molecule has 1 fully saturated rings. The van der Waals surface area contributed by atoms with Crippen LogP contribution in [0.3, 0.4) is 0 Å². The fraction of sp³-hybridized carbons (Fsp3) is 0.450. The number of para-hydroxylation sites is 1. The van der Waals surface area contributed by atoms with Crippen molar-refractivity contribution in [2.24, 2.45) is 0 Å². The molecule has 26 heavy (non-hydrogen) atoms. The Labute approximate surface area is 154 Å². The van der Waals surface area contributed by atoms with Crippen LogP contribution in [0.15, 0.2) is 36.4 Å². The Balaban J connectivity index is 1.55. The number of nitrogens with zero attached hydrogens (tertiary/aromatic N) is 4. The SMILES string of the molecule is Cc1cc(N2CCN(C(=O)COc3ccccc3)CC2)nc(C(C)C)n1. The van der Waals surface area contributed by atoms with Gasteiger partial charge in [-0.3, -0.25) is 4.79 Å². The summed E-state index contributed by atoms with van der Waals surface area (Å²) in [5.41, 5.74) is 0.980. The number of rotatable bonds is 5. The fourth-order valence-electron chi connectivity index (χ4n) is 2.93. The molecule has 1 aliphatic heterocycles. The first kappa shape index (κ1) is 18.2. The van der Waals surface area contributed by atoms with Crippen LogP contribution in [-0.4, -0.2) is 53.6 Å². The molecule has 0 aliphatic carbocycles. The van der Waals surface area contributed by atoms with Crippen molar-refractivity contribution in [3.05, 3.63) is 47.9 Å². The van der Waals surface area contributed by atoms with Crippen molar-refractivity contribution in [1.82, 2.24) is 14.9 Å². The average molecular weight is 354 g/mol. The molecule has 1 aromatic carbocycles. The molecule has 0 unspecified atom stereocenters. The van der Waals surface area contributed by atoms with Crippen LogP contribution in [0.25, 0.3) is 0 Å². The first-order chi connectivity index (χ1) is 12.5. The molecule has 1 saturated heterocycles. The molecule has 2 heterocycles. The number of hydrogen-bond acceptors (Lipinski definition) is 5. The van der Waals surface area contributed by atoms with E-state index in [9.17, 15) is 4.79 Å². The highest BCUT2D eigenvalue weighted by atomic mass is 16.5. The zero-order valence-electron chi connectivity index (χ0n) is 15.7. The highest BCUT2D eigenvalue weighted by Gasteiger charge is 2.23. The standard InChI is InChI=1S/C20H26N4O2/c1-15(2)20-21-16(3)13-18(22-20)23-9-11-24(12-10-23)19(25)14-26-17-7-5-4-6-8-17/h4-8,13,15H,9-12,14H2,1-3H3. The summed E-state index contributed by atoms with van der Waals surface area (Å²) in [6, 6.07) is 11.4. The number of aromatic nitrogens is 2. The number of amides is 1. The zero-order chi connectivity index (χ0) is 18.5. The molecular weight excluding hydrogens is 328 g/mol. The van der Waals surface area contributed by atoms with Crippen LogP contribution in [0.2, 0.25) is 0 Å². The van der Waals surface area contributed by atoms with E-state index in [4.69, 9.17) is 4.74 Å². The van der Waals surface area contributed by atoms with Gasteiger partial charge in [-0.05, 0) is 19.1 Å². The number of ether oxygens (including phenoxy) is 1. The number of hydrogen-bond donors (Lipinski definition) is 0. The van der Waals surface area contributed by atoms with E-state index in [1.165, 1.54) is 0 Å². The largest absolute Gasteiger partial charge is 0.484 e. The lowest BCUT2D eigenvalue weighted by Crippen LogP contribution is -2.50. The zero-order valence-corrected chi connectivity index (χ0v) is 15.7. The van der Waals surface area contributed by atoms with Crippen molar-refractivity contribution in [3.63, 3.8) is 0 Å². The molecular formula is C20H26N4O2. The van der Waals surface area contributed by atoms with E-state index in [1.54, 1.807) is 0 Å². The Hall–Kier alpha value is -2.63. The van der Waals surface area contributed by atoms with E-state index in [0.717, 1.165) is 36.2 Å². The summed E-state index contributed by atoms with van der Waals surface area (Å²) in [6.45, 7) is 9.17. The summed E-state index contributed by atoms with van der Waals surface area (Å²) in [6.07, 6.45) is 0. The van der Waals surface area contributed by atoms with E-state index in [-0.39, 0.29) is 12.5 Å². The molecule has 0 bridgehead atoms. The summed E-state index contributed by atoms with van der Waals surface area (Å²) in [4.78, 5) is 25.6. The van der Waals surface area contributed by atoms with Gasteiger partial charge in [0.05, 0.1) is 0 Å². The summed E-state index contributed by atoms with van der Waals surface area (Å²) in [5, 5.41) is 0. The lowest BCUT2D eigenvalue weighted by molar-refractivity contribution is -0.133. The highest BCUT2D eigenvalue weighted by molar-refractivity contribution is 5.78. The van der Waals surface area contributed by atoms with Crippen LogP contribution in [0.1, 0.15) is 31.3 Å². The van der Waals surface area contributed by atoms with Gasteiger partial charge in [-0.1, -0.05) is 32.0 Å². The Bertz CT molecular complexity index is 741. The van der Waals surface area contributed by atoms with Gasteiger partial charge in [-0.25, -0.2) is 9.97 Å². The average Bonchev–Trinajstić information content (AvgIpc) is 2.66. The molecule has 3 rings (SSSR count). The second-order valence-corrected chi connectivity index (χ2v) is 6.85. The van der Waals surface area contributed by atoms with Crippen molar-refractivity contribution in [2.45, 2.75) is 26.7 Å². The van der Waals surface area contributed by atoms with Crippen molar-refractivity contribution >= 4 is 11.7 Å². The quantitative estimate of drug-likeness (QED) is 0.826. The molecule has 6 heteroatoms. The topological polar surface area (TPSA) is 58.6 Å². The third-order valence-corrected chi connectivity index (χ3v) is 4.44. The molecule has 0 spiro atoms. The molecule has 1 aromatic heterocycles. The molecule has 138 valence electrons. The van der Waals surface area contributed by atoms with Gasteiger partial charge in [0.25, 0.3) is 5.91 Å². The summed E-state index contributed by atoms with van der Waals surface area (Å²) >= 11 is 0. The maximum absolute atomic E-state index is 12.4. The molecule has 0 atom stereocenters. The minimum atomic E-state index is 0.0234. The third kappa shape index (κ3) is 4.50. The van der Waals surface area contributed by atoms with Gasteiger partial charge in [0.1, 0.15) is 17.4 Å². The Morgan fingerprint density at radius 1 is 1.12 bits per heavy atom. The summed E-state index contributed by atoms with van der Waals surface area (Å²) in [5.74, 6) is 2.86. The lowest BCUT2D eigenvalue weighted by Gasteiger charge is -2.35. The van der Waals surface area contributed by atoms with Crippen LogP contribution in [0.4, 0.5) is 5.82 Å². The van der Waals surface area contributed by atoms with Crippen molar-refractivity contribution in [2.75, 3.05) is 37.7 Å². The van der Waals surface area contributed by atoms with E-state index >= 15 is 0 Å². The van der Waals surface area contributed by atoms with Crippen LogP contribution < -0.4 is 9.64 Å². The van der Waals surface area contributed by atoms with E-state index in [0.29, 0.717) is 19.0 Å². The van der Waals surface area contributed by atoms with E-state index < -0.39 is 0 Å². The maximum Gasteiger partial charge on any atom is 0.260 e. The second kappa shape index (κ2) is 8.17. The van der Waals surface area contributed by atoms with Crippen LogP contribution in [0.5, 0.6) is 5.75 Å². The number of piperazine rings is 1. The fourth-order valence-corrected chi connectivity index (χ4v) is 2.93. The van der Waals surface area contributed by atoms with Crippen molar-refractivity contribution < 1.29 is 9.53 Å². The second-order valence-electron chi connectivity index (χ2n) is 6.85. The smallest absolute Gasteiger partial charge is 0.260 e. The number of aryl methyl sites for hydroxylation is 1. The van der Waals surface area contributed by atoms with Gasteiger partial charge < -0.3 is 14.5 Å². The Kier molecular flexibility index (Phi) is 5.71. The summed E-state index contributed by atoms with van der Waals surface area (Å²) in [7, 11) is 0. The number of anilines is 1. The van der Waals surface area contributed by atoms with Gasteiger partial charge >= 0.3 is 0 Å². The first-order valence-corrected chi connectivity index (χ1v) is 9.09. The van der Waals surface area contributed by atoms with Crippen LogP contribution >= 0.6 is 0 Å². The molecule has 2 aromatic rings. The predicted molar refractivity (Wildman–Crippen MR) is 102 cm³/mol. The van der Waals surface area contributed by atoms with Gasteiger partial charge in [0.2, 0.25) is 0 Å². The van der Waals surface area contributed by atoms with Gasteiger partial charge in [0, 0.05) is 43.9 Å². The van der Waals surface area contributed by atoms with E-state index in [2.05, 4.69) is 28.7 Å². The monoisotopic (exact) mass is 354 g/mol. The molecule has 0 saturated carbocycles. The van der Waals surface area contributed by atoms with Crippen LogP contribution in [0, 0.1) is 6.92 Å². The van der Waals surface area contributed by atoms with Gasteiger partial charge in [-0.2, -0.15) is 0 Å². The summed E-state index contributed by atoms with van der Waals surface area (Å²) < 4.78 is 5.56. The van der Waals surface area contributed by atoms with Crippen molar-refractivity contribution in [3.8, 4) is 5.75 Å². The number of benzene rings is 1. The first-order valence-electron chi connectivity index (χ1n) is 9.09. The Morgan fingerprint density at radius 2 is 1.81 bits per heavy atom. The number of carbonyl (C=O) groups excluding carboxylic acids is 1. The normalized spacial score (nSPS) is 14.6. The van der Waals surface area contributed by atoms with Gasteiger partial charge in [0.15, 0.2) is 6.61 Å². The number of carbonyl (C=O) groups is 1. The van der Waals surface area contributed by atoms with Gasteiger partial charge in [-0.15, -0.1) is 0 Å². The molecule has 6 nitrogen and oxygen atoms in total. The highest BCUT2D eigenvalue weighted by Crippen LogP contribution is 2.19. The van der Waals surface area contributed by atoms with Crippen molar-refractivity contribution in [1.29, 1.82) is 0 Å². The Morgan fingerprint density at radius 3 is 2.46 bits per heavy atom. The maximum atomic E-state index is 12.4. The lowest BCUT2D eigenvalue weighted by atomic mass is 10.2. The molecule has 1 aliphatic rings. The predicted octanol–water partition coefficient (Wildman–Crippen LogP) is 2.64.